The molecule has 2 aromatic carbocycles. The van der Waals surface area contributed by atoms with Gasteiger partial charge in [0.25, 0.3) is 0 Å². The van der Waals surface area contributed by atoms with E-state index in [1.54, 1.807) is 24.4 Å². The first-order valence-corrected chi connectivity index (χ1v) is 11.6. The standard InChI is InChI=1S/C20H22N4O2S2/c1-4-26-16-10-8-14(9-11-16)18-13-22-20(24-19(18)27-2)23-15-6-5-7-17(12-15)28(3,21)25/h5-13H,3-4H2,1-2H3,(H2,21,25)(H,22,23,24). The Morgan fingerprint density at radius 2 is 2.00 bits per heavy atom. The molecule has 0 aliphatic rings. The summed E-state index contributed by atoms with van der Waals surface area (Å²) < 4.78 is 17.4. The Kier molecular flexibility index (Phi) is 6.23. The fourth-order valence-corrected chi connectivity index (χ4v) is 3.80. The van der Waals surface area contributed by atoms with Crippen LogP contribution in [0.4, 0.5) is 11.6 Å². The van der Waals surface area contributed by atoms with E-state index in [0.717, 1.165) is 21.9 Å². The maximum Gasteiger partial charge on any atom is 0.228 e. The number of benzene rings is 2. The highest BCUT2D eigenvalue weighted by atomic mass is 32.2. The van der Waals surface area contributed by atoms with Crippen molar-refractivity contribution in [1.82, 2.24) is 9.97 Å². The molecule has 3 aromatic rings. The molecule has 0 spiro atoms. The van der Waals surface area contributed by atoms with Crippen molar-refractivity contribution in [2.75, 3.05) is 18.2 Å². The van der Waals surface area contributed by atoms with Gasteiger partial charge in [-0.1, -0.05) is 18.2 Å². The average Bonchev–Trinajstić information content (AvgIpc) is 2.68. The fraction of sp³-hybridized carbons (Fsp3) is 0.150. The van der Waals surface area contributed by atoms with Crippen LogP contribution in [0.2, 0.25) is 0 Å². The minimum Gasteiger partial charge on any atom is -0.494 e. The van der Waals surface area contributed by atoms with E-state index in [4.69, 9.17) is 9.88 Å². The van der Waals surface area contributed by atoms with Crippen LogP contribution < -0.4 is 15.2 Å². The number of anilines is 2. The van der Waals surface area contributed by atoms with Crippen molar-refractivity contribution < 1.29 is 8.95 Å². The lowest BCUT2D eigenvalue weighted by atomic mass is 10.1. The first-order valence-electron chi connectivity index (χ1n) is 8.57. The molecule has 1 heterocycles. The average molecular weight is 415 g/mol. The molecule has 6 nitrogen and oxygen atoms in total. The Morgan fingerprint density at radius 3 is 2.64 bits per heavy atom. The zero-order chi connectivity index (χ0) is 20.1. The third-order valence-electron chi connectivity index (χ3n) is 3.91. The van der Waals surface area contributed by atoms with Gasteiger partial charge in [0.05, 0.1) is 16.3 Å². The molecule has 1 atom stereocenters. The molecule has 0 radical (unpaired) electrons. The molecule has 8 heteroatoms. The second-order valence-corrected chi connectivity index (χ2v) is 8.67. The maximum absolute atomic E-state index is 12.0. The van der Waals surface area contributed by atoms with E-state index in [1.807, 2.05) is 43.5 Å². The van der Waals surface area contributed by atoms with Gasteiger partial charge in [-0.2, -0.15) is 0 Å². The molecule has 1 aromatic heterocycles. The second-order valence-electron chi connectivity index (χ2n) is 5.95. The SMILES string of the molecule is C=S(N)(=O)c1cccc(Nc2ncc(-c3ccc(OCC)cc3)c(SC)n2)c1. The van der Waals surface area contributed by atoms with Crippen LogP contribution in [0.5, 0.6) is 5.75 Å². The maximum atomic E-state index is 12.0. The van der Waals surface area contributed by atoms with Gasteiger partial charge in [-0.3, -0.25) is 5.14 Å². The topological polar surface area (TPSA) is 90.1 Å². The number of rotatable bonds is 7. The summed E-state index contributed by atoms with van der Waals surface area (Å²) in [5, 5.41) is 9.60. The van der Waals surface area contributed by atoms with Crippen LogP contribution in [0.1, 0.15) is 6.92 Å². The largest absolute Gasteiger partial charge is 0.494 e. The molecular formula is C20H22N4O2S2. The van der Waals surface area contributed by atoms with Gasteiger partial charge in [0.2, 0.25) is 5.95 Å². The van der Waals surface area contributed by atoms with Crippen molar-refractivity contribution in [3.63, 3.8) is 0 Å². The Hall–Kier alpha value is -2.55. The number of hydrogen-bond donors (Lipinski definition) is 2. The van der Waals surface area contributed by atoms with E-state index in [9.17, 15) is 4.21 Å². The van der Waals surface area contributed by atoms with Crippen molar-refractivity contribution in [2.45, 2.75) is 16.8 Å². The van der Waals surface area contributed by atoms with Gasteiger partial charge in [-0.05, 0) is 54.9 Å². The number of aromatic nitrogens is 2. The van der Waals surface area contributed by atoms with E-state index in [1.165, 1.54) is 11.8 Å². The lowest BCUT2D eigenvalue weighted by Gasteiger charge is -2.11. The highest BCUT2D eigenvalue weighted by Gasteiger charge is 2.10. The smallest absolute Gasteiger partial charge is 0.228 e. The lowest BCUT2D eigenvalue weighted by Crippen LogP contribution is -2.12. The van der Waals surface area contributed by atoms with Crippen LogP contribution in [0.25, 0.3) is 11.1 Å². The highest BCUT2D eigenvalue weighted by Crippen LogP contribution is 2.30. The molecule has 28 heavy (non-hydrogen) atoms. The van der Waals surface area contributed by atoms with Gasteiger partial charge < -0.3 is 10.1 Å². The van der Waals surface area contributed by atoms with Crippen LogP contribution in [0.3, 0.4) is 0 Å². The van der Waals surface area contributed by atoms with Crippen LogP contribution in [0, 0.1) is 0 Å². The monoisotopic (exact) mass is 414 g/mol. The normalized spacial score (nSPS) is 13.0. The van der Waals surface area contributed by atoms with E-state index < -0.39 is 9.71 Å². The van der Waals surface area contributed by atoms with E-state index in [-0.39, 0.29) is 0 Å². The lowest BCUT2D eigenvalue weighted by molar-refractivity contribution is 0.340. The zero-order valence-corrected chi connectivity index (χ0v) is 17.3. The number of ether oxygens (including phenoxy) is 1. The molecule has 0 aliphatic carbocycles. The predicted octanol–water partition coefficient (Wildman–Crippen LogP) is 3.96. The number of nitrogens with two attached hydrogens (primary N) is 1. The third-order valence-corrected chi connectivity index (χ3v) is 5.66. The number of thioether (sulfide) groups is 1. The summed E-state index contributed by atoms with van der Waals surface area (Å²) in [5.74, 6) is 4.79. The van der Waals surface area contributed by atoms with Gasteiger partial charge in [0.1, 0.15) is 10.8 Å². The molecule has 3 N–H and O–H groups in total. The molecule has 0 saturated heterocycles. The van der Waals surface area contributed by atoms with Gasteiger partial charge in [-0.25, -0.2) is 14.2 Å². The predicted molar refractivity (Wildman–Crippen MR) is 118 cm³/mol. The van der Waals surface area contributed by atoms with Crippen LogP contribution in [-0.4, -0.2) is 32.9 Å². The van der Waals surface area contributed by atoms with Crippen molar-refractivity contribution in [1.29, 1.82) is 0 Å². The molecule has 3 rings (SSSR count). The number of nitrogens with one attached hydrogen (secondary N) is 1. The second kappa shape index (κ2) is 8.64. The van der Waals surface area contributed by atoms with E-state index in [0.29, 0.717) is 23.1 Å². The molecule has 0 fully saturated rings. The van der Waals surface area contributed by atoms with Crippen LogP contribution in [0.15, 0.2) is 64.6 Å². The molecule has 0 bridgehead atoms. The minimum absolute atomic E-state index is 0.448. The molecule has 1 unspecified atom stereocenters. The Bertz CT molecular complexity index is 1070. The summed E-state index contributed by atoms with van der Waals surface area (Å²) in [6, 6.07) is 14.8. The van der Waals surface area contributed by atoms with E-state index in [2.05, 4.69) is 21.2 Å². The Balaban J connectivity index is 1.87. The fourth-order valence-electron chi connectivity index (χ4n) is 2.60. The molecular weight excluding hydrogens is 392 g/mol. The summed E-state index contributed by atoms with van der Waals surface area (Å²) in [4.78, 5) is 9.50. The quantitative estimate of drug-likeness (QED) is 0.346. The summed E-state index contributed by atoms with van der Waals surface area (Å²) in [6.07, 6.45) is 3.76. The summed E-state index contributed by atoms with van der Waals surface area (Å²) in [6.45, 7) is 2.59. The van der Waals surface area contributed by atoms with Gasteiger partial charge in [-0.15, -0.1) is 11.8 Å². The number of nitrogens with zero attached hydrogens (tertiary/aromatic N) is 2. The Morgan fingerprint density at radius 1 is 1.25 bits per heavy atom. The highest BCUT2D eigenvalue weighted by molar-refractivity contribution is 7.98. The van der Waals surface area contributed by atoms with Gasteiger partial charge in [0, 0.05) is 22.3 Å². The molecule has 0 saturated carbocycles. The van der Waals surface area contributed by atoms with Crippen LogP contribution >= 0.6 is 11.8 Å². The minimum atomic E-state index is -2.78. The number of hydrogen-bond acceptors (Lipinski definition) is 6. The summed E-state index contributed by atoms with van der Waals surface area (Å²) in [7, 11) is -2.78. The first kappa shape index (κ1) is 20.2. The molecule has 0 amide bonds. The van der Waals surface area contributed by atoms with Crippen molar-refractivity contribution >= 4 is 39.0 Å². The van der Waals surface area contributed by atoms with Gasteiger partial charge >= 0.3 is 0 Å². The van der Waals surface area contributed by atoms with Crippen molar-refractivity contribution in [3.05, 3.63) is 54.7 Å². The summed E-state index contributed by atoms with van der Waals surface area (Å²) in [5.41, 5.74) is 2.65. The third kappa shape index (κ3) is 4.83. The molecule has 0 aliphatic heterocycles. The van der Waals surface area contributed by atoms with Crippen LogP contribution in [-0.2, 0) is 9.71 Å². The Labute approximate surface area is 169 Å². The summed E-state index contributed by atoms with van der Waals surface area (Å²) >= 11 is 1.54. The van der Waals surface area contributed by atoms with Crippen molar-refractivity contribution in [2.24, 2.45) is 5.14 Å². The van der Waals surface area contributed by atoms with Gasteiger partial charge in [0.15, 0.2) is 0 Å². The zero-order valence-electron chi connectivity index (χ0n) is 15.7. The first-order chi connectivity index (χ1) is 13.4. The molecule has 146 valence electrons. The van der Waals surface area contributed by atoms with E-state index >= 15 is 0 Å². The van der Waals surface area contributed by atoms with Crippen molar-refractivity contribution in [3.8, 4) is 16.9 Å².